The lowest BCUT2D eigenvalue weighted by molar-refractivity contribution is 0.417. The Hall–Kier alpha value is -1.02. The van der Waals surface area contributed by atoms with Gasteiger partial charge in [-0.3, -0.25) is 0 Å². The van der Waals surface area contributed by atoms with Gasteiger partial charge in [0.2, 0.25) is 0 Å². The van der Waals surface area contributed by atoms with Gasteiger partial charge in [-0.2, -0.15) is 0 Å². The molecule has 1 aromatic carbocycles. The van der Waals surface area contributed by atoms with Crippen molar-refractivity contribution in [3.8, 4) is 5.75 Å². The summed E-state index contributed by atoms with van der Waals surface area (Å²) in [6, 6.07) is 4.42. The largest absolute Gasteiger partial charge is 0.495 e. The number of ether oxygens (including phenoxy) is 1. The van der Waals surface area contributed by atoms with Crippen molar-refractivity contribution < 1.29 is 4.74 Å². The third-order valence-corrected chi connectivity index (χ3v) is 3.57. The standard InChI is InChI=1S/C12H14OS/c1-4-9-7-10-5-6-14-12(10)11(13-3)8(9)2/h5-7H,4H2,1-3H3. The molecule has 0 aliphatic heterocycles. The molecule has 0 radical (unpaired) electrons. The number of methoxy groups -OCH3 is 1. The van der Waals surface area contributed by atoms with Crippen LogP contribution in [0.2, 0.25) is 0 Å². The van der Waals surface area contributed by atoms with E-state index in [1.165, 1.54) is 21.2 Å². The normalized spacial score (nSPS) is 10.8. The maximum atomic E-state index is 5.47. The number of benzene rings is 1. The number of hydrogen-bond acceptors (Lipinski definition) is 2. The summed E-state index contributed by atoms with van der Waals surface area (Å²) in [6.45, 7) is 4.32. The first-order valence-electron chi connectivity index (χ1n) is 4.81. The van der Waals surface area contributed by atoms with E-state index in [1.54, 1.807) is 18.4 Å². The highest BCUT2D eigenvalue weighted by atomic mass is 32.1. The molecule has 0 atom stereocenters. The summed E-state index contributed by atoms with van der Waals surface area (Å²) in [5.74, 6) is 1.05. The van der Waals surface area contributed by atoms with Crippen molar-refractivity contribution in [2.45, 2.75) is 20.3 Å². The highest BCUT2D eigenvalue weighted by molar-refractivity contribution is 7.17. The summed E-state index contributed by atoms with van der Waals surface area (Å²) in [5, 5.41) is 3.42. The van der Waals surface area contributed by atoms with E-state index in [2.05, 4.69) is 31.4 Å². The van der Waals surface area contributed by atoms with Crippen LogP contribution in [0.25, 0.3) is 10.1 Å². The number of fused-ring (bicyclic) bond motifs is 1. The van der Waals surface area contributed by atoms with E-state index < -0.39 is 0 Å². The summed E-state index contributed by atoms with van der Waals surface area (Å²) in [4.78, 5) is 0. The Bertz CT molecular complexity index is 457. The van der Waals surface area contributed by atoms with Crippen LogP contribution in [0.5, 0.6) is 5.75 Å². The Balaban J connectivity index is 2.80. The van der Waals surface area contributed by atoms with Crippen molar-refractivity contribution in [2.75, 3.05) is 7.11 Å². The second-order valence-electron chi connectivity index (χ2n) is 3.39. The minimum Gasteiger partial charge on any atom is -0.495 e. The molecule has 0 amide bonds. The maximum Gasteiger partial charge on any atom is 0.139 e. The SMILES string of the molecule is CCc1cc2ccsc2c(OC)c1C. The van der Waals surface area contributed by atoms with Crippen LogP contribution in [0, 0.1) is 6.92 Å². The number of hydrogen-bond donors (Lipinski definition) is 0. The zero-order valence-corrected chi connectivity index (χ0v) is 9.57. The number of aryl methyl sites for hydroxylation is 1. The van der Waals surface area contributed by atoms with Crippen LogP contribution in [0.3, 0.4) is 0 Å². The first-order valence-corrected chi connectivity index (χ1v) is 5.69. The zero-order chi connectivity index (χ0) is 10.1. The van der Waals surface area contributed by atoms with Crippen LogP contribution in [0.1, 0.15) is 18.1 Å². The predicted molar refractivity (Wildman–Crippen MR) is 62.5 cm³/mol. The Morgan fingerprint density at radius 3 is 2.86 bits per heavy atom. The minimum absolute atomic E-state index is 1.05. The summed E-state index contributed by atoms with van der Waals surface area (Å²) in [7, 11) is 1.75. The molecular weight excluding hydrogens is 192 g/mol. The van der Waals surface area contributed by atoms with Crippen molar-refractivity contribution in [2.24, 2.45) is 0 Å². The van der Waals surface area contributed by atoms with Crippen molar-refractivity contribution in [3.63, 3.8) is 0 Å². The van der Waals surface area contributed by atoms with Gasteiger partial charge in [0.1, 0.15) is 5.75 Å². The Morgan fingerprint density at radius 1 is 1.43 bits per heavy atom. The van der Waals surface area contributed by atoms with Crippen LogP contribution in [-0.2, 0) is 6.42 Å². The quantitative estimate of drug-likeness (QED) is 0.726. The highest BCUT2D eigenvalue weighted by Gasteiger charge is 2.10. The van der Waals surface area contributed by atoms with Crippen LogP contribution in [0.4, 0.5) is 0 Å². The average molecular weight is 206 g/mol. The molecule has 0 bridgehead atoms. The third-order valence-electron chi connectivity index (χ3n) is 2.64. The molecule has 0 fully saturated rings. The lowest BCUT2D eigenvalue weighted by Gasteiger charge is -2.10. The number of thiophene rings is 1. The van der Waals surface area contributed by atoms with Gasteiger partial charge in [0, 0.05) is 0 Å². The molecule has 14 heavy (non-hydrogen) atoms. The molecule has 0 saturated heterocycles. The monoisotopic (exact) mass is 206 g/mol. The summed E-state index contributed by atoms with van der Waals surface area (Å²) < 4.78 is 6.74. The molecule has 2 aromatic rings. The topological polar surface area (TPSA) is 9.23 Å². The summed E-state index contributed by atoms with van der Waals surface area (Å²) in [6.07, 6.45) is 1.06. The van der Waals surface area contributed by atoms with Gasteiger partial charge in [-0.15, -0.1) is 11.3 Å². The van der Waals surface area contributed by atoms with Crippen LogP contribution >= 0.6 is 11.3 Å². The summed E-state index contributed by atoms with van der Waals surface area (Å²) in [5.41, 5.74) is 2.66. The van der Waals surface area contributed by atoms with Gasteiger partial charge >= 0.3 is 0 Å². The predicted octanol–water partition coefficient (Wildman–Crippen LogP) is 3.78. The van der Waals surface area contributed by atoms with Gasteiger partial charge in [0.25, 0.3) is 0 Å². The Kier molecular flexibility index (Phi) is 2.46. The molecule has 1 aromatic heterocycles. The van der Waals surface area contributed by atoms with Crippen LogP contribution in [0.15, 0.2) is 17.5 Å². The van der Waals surface area contributed by atoms with E-state index in [9.17, 15) is 0 Å². The Labute approximate surface area is 88.3 Å². The maximum absolute atomic E-state index is 5.47. The minimum atomic E-state index is 1.05. The fourth-order valence-corrected chi connectivity index (χ4v) is 2.80. The van der Waals surface area contributed by atoms with E-state index in [0.29, 0.717) is 0 Å². The van der Waals surface area contributed by atoms with E-state index in [4.69, 9.17) is 4.74 Å². The molecular formula is C12H14OS. The second-order valence-corrected chi connectivity index (χ2v) is 4.30. The van der Waals surface area contributed by atoms with E-state index in [-0.39, 0.29) is 0 Å². The molecule has 2 heteroatoms. The van der Waals surface area contributed by atoms with Crippen LogP contribution < -0.4 is 4.74 Å². The molecule has 2 rings (SSSR count). The molecule has 0 saturated carbocycles. The van der Waals surface area contributed by atoms with Crippen molar-refractivity contribution in [1.82, 2.24) is 0 Å². The van der Waals surface area contributed by atoms with Gasteiger partial charge in [0.05, 0.1) is 11.8 Å². The molecule has 0 unspecified atom stereocenters. The molecule has 0 N–H and O–H groups in total. The second kappa shape index (κ2) is 3.62. The fourth-order valence-electron chi connectivity index (χ4n) is 1.84. The van der Waals surface area contributed by atoms with Gasteiger partial charge in [0.15, 0.2) is 0 Å². The van der Waals surface area contributed by atoms with Crippen molar-refractivity contribution >= 4 is 21.4 Å². The average Bonchev–Trinajstić information content (AvgIpc) is 2.64. The van der Waals surface area contributed by atoms with Gasteiger partial charge in [-0.05, 0) is 47.4 Å². The van der Waals surface area contributed by atoms with E-state index >= 15 is 0 Å². The highest BCUT2D eigenvalue weighted by Crippen LogP contribution is 2.35. The van der Waals surface area contributed by atoms with Gasteiger partial charge < -0.3 is 4.74 Å². The van der Waals surface area contributed by atoms with Gasteiger partial charge in [-0.1, -0.05) is 6.92 Å². The lowest BCUT2D eigenvalue weighted by Crippen LogP contribution is -1.92. The molecule has 1 nitrogen and oxygen atoms in total. The van der Waals surface area contributed by atoms with E-state index in [0.717, 1.165) is 12.2 Å². The van der Waals surface area contributed by atoms with Crippen molar-refractivity contribution in [1.29, 1.82) is 0 Å². The third kappa shape index (κ3) is 1.30. The summed E-state index contributed by atoms with van der Waals surface area (Å²) >= 11 is 1.75. The van der Waals surface area contributed by atoms with Crippen LogP contribution in [-0.4, -0.2) is 7.11 Å². The molecule has 1 heterocycles. The molecule has 74 valence electrons. The first-order chi connectivity index (χ1) is 6.77. The first kappa shape index (κ1) is 9.53. The van der Waals surface area contributed by atoms with Gasteiger partial charge in [-0.25, -0.2) is 0 Å². The molecule has 0 aliphatic carbocycles. The fraction of sp³-hybridized carbons (Fsp3) is 0.333. The zero-order valence-electron chi connectivity index (χ0n) is 8.76. The lowest BCUT2D eigenvalue weighted by atomic mass is 10.0. The molecule has 0 aliphatic rings. The Morgan fingerprint density at radius 2 is 2.21 bits per heavy atom. The van der Waals surface area contributed by atoms with E-state index in [1.807, 2.05) is 0 Å². The smallest absolute Gasteiger partial charge is 0.139 e. The molecule has 0 spiro atoms. The van der Waals surface area contributed by atoms with Crippen molar-refractivity contribution in [3.05, 3.63) is 28.6 Å². The number of rotatable bonds is 2.